The number of rotatable bonds is 7. The smallest absolute Gasteiger partial charge is 0.385 e. The van der Waals surface area contributed by atoms with E-state index in [1.807, 2.05) is 14.1 Å². The molecule has 1 aromatic carbocycles. The van der Waals surface area contributed by atoms with Gasteiger partial charge in [0, 0.05) is 18.4 Å². The molecule has 140 valence electrons. The lowest BCUT2D eigenvalue weighted by Gasteiger charge is -2.14. The molecule has 0 aliphatic carbocycles. The van der Waals surface area contributed by atoms with Crippen molar-refractivity contribution >= 4 is 17.3 Å². The third-order valence-corrected chi connectivity index (χ3v) is 3.58. The molecule has 2 rings (SSSR count). The molecular weight excluding hydrogens is 345 g/mol. The number of nitrogens with one attached hydrogen (secondary N) is 2. The van der Waals surface area contributed by atoms with E-state index in [1.54, 1.807) is 6.07 Å². The molecule has 1 amide bonds. The summed E-state index contributed by atoms with van der Waals surface area (Å²) in [6.45, 7) is 1.62. The Morgan fingerprint density at radius 2 is 1.92 bits per heavy atom. The summed E-state index contributed by atoms with van der Waals surface area (Å²) in [5.74, 6) is -0.696. The Morgan fingerprint density at radius 1 is 1.19 bits per heavy atom. The monoisotopic (exact) mass is 366 g/mol. The van der Waals surface area contributed by atoms with E-state index >= 15 is 0 Å². The Morgan fingerprint density at radius 3 is 2.62 bits per heavy atom. The lowest BCUT2D eigenvalue weighted by molar-refractivity contribution is -0.136. The topological polar surface area (TPSA) is 57.3 Å². The van der Waals surface area contributed by atoms with Crippen LogP contribution in [0.15, 0.2) is 42.6 Å². The van der Waals surface area contributed by atoms with E-state index in [9.17, 15) is 18.0 Å². The van der Waals surface area contributed by atoms with Gasteiger partial charge in [-0.2, -0.15) is 13.2 Å². The second-order valence-electron chi connectivity index (χ2n) is 6.01. The fraction of sp³-hybridized carbons (Fsp3) is 0.333. The van der Waals surface area contributed by atoms with Crippen LogP contribution in [0.3, 0.4) is 0 Å². The first-order chi connectivity index (χ1) is 12.3. The molecule has 1 heterocycles. The Kier molecular flexibility index (Phi) is 6.57. The van der Waals surface area contributed by atoms with Crippen LogP contribution in [0.2, 0.25) is 0 Å². The summed E-state index contributed by atoms with van der Waals surface area (Å²) < 4.78 is 39.0. The van der Waals surface area contributed by atoms with Crippen LogP contribution in [0.4, 0.5) is 24.5 Å². The van der Waals surface area contributed by atoms with Crippen LogP contribution in [-0.2, 0) is 6.18 Å². The zero-order valence-corrected chi connectivity index (χ0v) is 14.6. The largest absolute Gasteiger partial charge is 0.418 e. The molecule has 0 atom stereocenters. The molecule has 0 saturated carbocycles. The number of hydrogen-bond donors (Lipinski definition) is 2. The van der Waals surface area contributed by atoms with Crippen LogP contribution in [0.5, 0.6) is 0 Å². The van der Waals surface area contributed by atoms with Gasteiger partial charge in [-0.3, -0.25) is 9.78 Å². The fourth-order valence-electron chi connectivity index (χ4n) is 2.32. The van der Waals surface area contributed by atoms with Crippen molar-refractivity contribution in [3.8, 4) is 0 Å². The Hall–Kier alpha value is -2.61. The minimum Gasteiger partial charge on any atom is -0.385 e. The van der Waals surface area contributed by atoms with E-state index in [1.165, 1.54) is 30.5 Å². The third kappa shape index (κ3) is 5.73. The van der Waals surface area contributed by atoms with Crippen molar-refractivity contribution in [1.82, 2.24) is 9.88 Å². The van der Waals surface area contributed by atoms with Gasteiger partial charge in [0.2, 0.25) is 0 Å². The van der Waals surface area contributed by atoms with E-state index < -0.39 is 17.6 Å². The summed E-state index contributed by atoms with van der Waals surface area (Å²) in [4.78, 5) is 18.3. The number of hydrogen-bond acceptors (Lipinski definition) is 4. The molecule has 8 heteroatoms. The first kappa shape index (κ1) is 19.7. The predicted octanol–water partition coefficient (Wildman–Crippen LogP) is 3.72. The number of nitrogens with zero attached hydrogens (tertiary/aromatic N) is 2. The molecule has 2 aromatic rings. The number of alkyl halides is 3. The number of carbonyl (C=O) groups excluding carboxylic acids is 1. The summed E-state index contributed by atoms with van der Waals surface area (Å²) >= 11 is 0. The van der Waals surface area contributed by atoms with Crippen molar-refractivity contribution < 1.29 is 18.0 Å². The van der Waals surface area contributed by atoms with Crippen LogP contribution < -0.4 is 10.6 Å². The van der Waals surface area contributed by atoms with Crippen molar-refractivity contribution in [2.24, 2.45) is 0 Å². The van der Waals surface area contributed by atoms with Crippen LogP contribution in [0, 0.1) is 0 Å². The van der Waals surface area contributed by atoms with Gasteiger partial charge < -0.3 is 15.5 Å². The van der Waals surface area contributed by atoms with Crippen LogP contribution in [-0.4, -0.2) is 43.0 Å². The Bertz CT molecular complexity index is 747. The van der Waals surface area contributed by atoms with Crippen LogP contribution in [0.25, 0.3) is 0 Å². The van der Waals surface area contributed by atoms with Crippen molar-refractivity contribution in [2.75, 3.05) is 37.8 Å². The molecule has 0 aliphatic heterocycles. The summed E-state index contributed by atoms with van der Waals surface area (Å²) in [6.07, 6.45) is -2.19. The molecule has 1 aromatic heterocycles. The Labute approximate surface area is 150 Å². The molecule has 26 heavy (non-hydrogen) atoms. The molecule has 0 aliphatic rings. The number of amides is 1. The van der Waals surface area contributed by atoms with Crippen LogP contribution in [0.1, 0.15) is 22.5 Å². The number of benzene rings is 1. The maximum absolute atomic E-state index is 13.0. The quantitative estimate of drug-likeness (QED) is 0.734. The Balaban J connectivity index is 2.06. The molecular formula is C18H21F3N4O. The summed E-state index contributed by atoms with van der Waals surface area (Å²) in [5, 5.41) is 5.46. The van der Waals surface area contributed by atoms with Crippen molar-refractivity contribution in [3.63, 3.8) is 0 Å². The van der Waals surface area contributed by atoms with Crippen molar-refractivity contribution in [2.45, 2.75) is 12.6 Å². The van der Waals surface area contributed by atoms with Gasteiger partial charge in [0.05, 0.1) is 11.3 Å². The maximum Gasteiger partial charge on any atom is 0.418 e. The molecule has 0 fully saturated rings. The highest BCUT2D eigenvalue weighted by Crippen LogP contribution is 2.34. The standard InChI is InChI=1S/C18H21F3N4O/c1-25(2)11-5-9-22-13-8-10-23-16(12-13)17(26)24-15-7-4-3-6-14(15)18(19,20)21/h3-4,6-8,10,12H,5,9,11H2,1-2H3,(H,22,23)(H,24,26). The molecule has 0 spiro atoms. The van der Waals surface area contributed by atoms with E-state index in [-0.39, 0.29) is 11.4 Å². The molecule has 0 bridgehead atoms. The number of para-hydroxylation sites is 1. The number of anilines is 2. The highest BCUT2D eigenvalue weighted by molar-refractivity contribution is 6.03. The summed E-state index contributed by atoms with van der Waals surface area (Å²) in [5.41, 5.74) is -0.463. The fourth-order valence-corrected chi connectivity index (χ4v) is 2.32. The van der Waals surface area contributed by atoms with E-state index in [2.05, 4.69) is 20.5 Å². The zero-order valence-electron chi connectivity index (χ0n) is 14.6. The van der Waals surface area contributed by atoms with E-state index in [4.69, 9.17) is 0 Å². The number of aromatic nitrogens is 1. The SMILES string of the molecule is CN(C)CCCNc1ccnc(C(=O)Nc2ccccc2C(F)(F)F)c1. The highest BCUT2D eigenvalue weighted by Gasteiger charge is 2.33. The minimum atomic E-state index is -4.55. The van der Waals surface area contributed by atoms with Gasteiger partial charge in [0.25, 0.3) is 5.91 Å². The van der Waals surface area contributed by atoms with Gasteiger partial charge in [-0.05, 0) is 51.3 Å². The third-order valence-electron chi connectivity index (χ3n) is 3.58. The lowest BCUT2D eigenvalue weighted by atomic mass is 10.1. The lowest BCUT2D eigenvalue weighted by Crippen LogP contribution is -2.18. The predicted molar refractivity (Wildman–Crippen MR) is 95.3 cm³/mol. The zero-order chi connectivity index (χ0) is 19.2. The van der Waals surface area contributed by atoms with E-state index in [0.717, 1.165) is 19.0 Å². The highest BCUT2D eigenvalue weighted by atomic mass is 19.4. The first-order valence-corrected chi connectivity index (χ1v) is 8.09. The first-order valence-electron chi connectivity index (χ1n) is 8.09. The van der Waals surface area contributed by atoms with E-state index in [0.29, 0.717) is 12.2 Å². The molecule has 2 N–H and O–H groups in total. The van der Waals surface area contributed by atoms with Gasteiger partial charge in [-0.1, -0.05) is 12.1 Å². The van der Waals surface area contributed by atoms with Gasteiger partial charge in [0.15, 0.2) is 0 Å². The van der Waals surface area contributed by atoms with Crippen molar-refractivity contribution in [1.29, 1.82) is 0 Å². The molecule has 0 unspecified atom stereocenters. The summed E-state index contributed by atoms with van der Waals surface area (Å²) in [6, 6.07) is 8.06. The average molecular weight is 366 g/mol. The minimum absolute atomic E-state index is 0.0413. The normalized spacial score (nSPS) is 11.5. The second kappa shape index (κ2) is 8.66. The van der Waals surface area contributed by atoms with Gasteiger partial charge in [0.1, 0.15) is 5.69 Å². The average Bonchev–Trinajstić information content (AvgIpc) is 2.58. The van der Waals surface area contributed by atoms with Crippen LogP contribution >= 0.6 is 0 Å². The van der Waals surface area contributed by atoms with Crippen molar-refractivity contribution in [3.05, 3.63) is 53.9 Å². The van der Waals surface area contributed by atoms with Gasteiger partial charge in [-0.25, -0.2) is 0 Å². The number of carbonyl (C=O) groups is 1. The van der Waals surface area contributed by atoms with Gasteiger partial charge in [-0.15, -0.1) is 0 Å². The molecule has 5 nitrogen and oxygen atoms in total. The maximum atomic E-state index is 13.0. The molecule has 0 radical (unpaired) electrons. The second-order valence-corrected chi connectivity index (χ2v) is 6.01. The number of pyridine rings is 1. The summed E-state index contributed by atoms with van der Waals surface area (Å²) in [7, 11) is 3.96. The van der Waals surface area contributed by atoms with Gasteiger partial charge >= 0.3 is 6.18 Å². The molecule has 0 saturated heterocycles. The number of halogens is 3.